The van der Waals surface area contributed by atoms with Crippen LogP contribution < -0.4 is 5.32 Å². The second-order valence-corrected chi connectivity index (χ2v) is 5.16. The summed E-state index contributed by atoms with van der Waals surface area (Å²) in [7, 11) is 1.91. The lowest BCUT2D eigenvalue weighted by Crippen LogP contribution is -2.40. The Labute approximate surface area is 107 Å². The molecule has 1 fully saturated rings. The van der Waals surface area contributed by atoms with Crippen LogP contribution in [-0.4, -0.2) is 27.3 Å². The molecule has 1 aromatic heterocycles. The van der Waals surface area contributed by atoms with Gasteiger partial charge < -0.3 is 15.0 Å². The van der Waals surface area contributed by atoms with Gasteiger partial charge in [-0.15, -0.1) is 0 Å². The molecule has 1 aromatic rings. The Morgan fingerprint density at radius 2 is 2.29 bits per heavy atom. The van der Waals surface area contributed by atoms with Crippen LogP contribution in [0.15, 0.2) is 6.20 Å². The lowest BCUT2D eigenvalue weighted by Gasteiger charge is -2.30. The first-order valence-corrected chi connectivity index (χ1v) is 6.60. The van der Waals surface area contributed by atoms with Gasteiger partial charge >= 0.3 is 0 Å². The fourth-order valence-electron chi connectivity index (χ4n) is 2.51. The molecule has 2 N–H and O–H groups in total. The van der Waals surface area contributed by atoms with Gasteiger partial charge in [0.1, 0.15) is 11.0 Å². The SMILES string of the molecule is Cn1c(Cl)cnc1CNC1CCCCC1CO. The second kappa shape index (κ2) is 5.85. The molecule has 1 saturated carbocycles. The van der Waals surface area contributed by atoms with E-state index in [9.17, 15) is 5.11 Å². The van der Waals surface area contributed by atoms with E-state index < -0.39 is 0 Å². The van der Waals surface area contributed by atoms with E-state index in [1.54, 1.807) is 6.20 Å². The summed E-state index contributed by atoms with van der Waals surface area (Å²) in [6.07, 6.45) is 6.41. The highest BCUT2D eigenvalue weighted by atomic mass is 35.5. The summed E-state index contributed by atoms with van der Waals surface area (Å²) < 4.78 is 1.88. The predicted octanol–water partition coefficient (Wildman–Crippen LogP) is 1.71. The lowest BCUT2D eigenvalue weighted by molar-refractivity contribution is 0.152. The smallest absolute Gasteiger partial charge is 0.128 e. The molecule has 0 bridgehead atoms. The number of aromatic nitrogens is 2. The Hall–Kier alpha value is -0.580. The largest absolute Gasteiger partial charge is 0.396 e. The van der Waals surface area contributed by atoms with Gasteiger partial charge in [-0.1, -0.05) is 24.4 Å². The fraction of sp³-hybridized carbons (Fsp3) is 0.750. The second-order valence-electron chi connectivity index (χ2n) is 4.77. The van der Waals surface area contributed by atoms with Crippen LogP contribution in [0.4, 0.5) is 0 Å². The van der Waals surface area contributed by atoms with Gasteiger partial charge in [0.25, 0.3) is 0 Å². The molecule has 0 radical (unpaired) electrons. The van der Waals surface area contributed by atoms with E-state index in [1.807, 2.05) is 11.6 Å². The van der Waals surface area contributed by atoms with Crippen molar-refractivity contribution >= 4 is 11.6 Å². The Morgan fingerprint density at radius 1 is 1.53 bits per heavy atom. The maximum absolute atomic E-state index is 9.34. The van der Waals surface area contributed by atoms with Gasteiger partial charge in [-0.2, -0.15) is 0 Å². The summed E-state index contributed by atoms with van der Waals surface area (Å²) in [5.74, 6) is 1.33. The number of rotatable bonds is 4. The summed E-state index contributed by atoms with van der Waals surface area (Å²) in [6.45, 7) is 0.989. The molecule has 5 heteroatoms. The number of nitrogens with one attached hydrogen (secondary N) is 1. The van der Waals surface area contributed by atoms with Crippen molar-refractivity contribution < 1.29 is 5.11 Å². The normalized spacial score (nSPS) is 25.1. The van der Waals surface area contributed by atoms with Crippen molar-refractivity contribution in [1.29, 1.82) is 0 Å². The van der Waals surface area contributed by atoms with Crippen LogP contribution in [0.5, 0.6) is 0 Å². The van der Waals surface area contributed by atoms with Crippen LogP contribution in [-0.2, 0) is 13.6 Å². The molecule has 4 nitrogen and oxygen atoms in total. The average Bonchev–Trinajstić information content (AvgIpc) is 2.68. The third-order valence-electron chi connectivity index (χ3n) is 3.69. The van der Waals surface area contributed by atoms with E-state index in [4.69, 9.17) is 11.6 Å². The highest BCUT2D eigenvalue weighted by molar-refractivity contribution is 6.29. The van der Waals surface area contributed by atoms with Crippen molar-refractivity contribution in [1.82, 2.24) is 14.9 Å². The number of aliphatic hydroxyl groups is 1. The Kier molecular flexibility index (Phi) is 4.42. The van der Waals surface area contributed by atoms with Crippen molar-refractivity contribution in [2.24, 2.45) is 13.0 Å². The van der Waals surface area contributed by atoms with E-state index in [0.29, 0.717) is 23.7 Å². The van der Waals surface area contributed by atoms with Crippen molar-refractivity contribution in [2.75, 3.05) is 6.61 Å². The molecule has 1 aliphatic rings. The zero-order valence-corrected chi connectivity index (χ0v) is 11.0. The molecule has 0 amide bonds. The van der Waals surface area contributed by atoms with E-state index in [0.717, 1.165) is 18.7 Å². The lowest BCUT2D eigenvalue weighted by atomic mass is 9.85. The Balaban J connectivity index is 1.90. The van der Waals surface area contributed by atoms with Gasteiger partial charge in [0, 0.05) is 19.7 Å². The molecule has 2 unspecified atom stereocenters. The van der Waals surface area contributed by atoms with Gasteiger partial charge in [0.15, 0.2) is 0 Å². The van der Waals surface area contributed by atoms with Crippen molar-refractivity contribution in [3.63, 3.8) is 0 Å². The minimum absolute atomic E-state index is 0.277. The van der Waals surface area contributed by atoms with E-state index in [2.05, 4.69) is 10.3 Å². The maximum atomic E-state index is 9.34. The fourth-order valence-corrected chi connectivity index (χ4v) is 2.65. The monoisotopic (exact) mass is 257 g/mol. The van der Waals surface area contributed by atoms with Gasteiger partial charge in [-0.05, 0) is 18.8 Å². The molecule has 0 spiro atoms. The molecule has 17 heavy (non-hydrogen) atoms. The number of hydrogen-bond acceptors (Lipinski definition) is 3. The highest BCUT2D eigenvalue weighted by Crippen LogP contribution is 2.24. The number of aliphatic hydroxyl groups excluding tert-OH is 1. The van der Waals surface area contributed by atoms with Gasteiger partial charge in [-0.3, -0.25) is 0 Å². The molecule has 0 saturated heterocycles. The number of nitrogens with zero attached hydrogens (tertiary/aromatic N) is 2. The topological polar surface area (TPSA) is 50.1 Å². The molecule has 2 atom stereocenters. The summed E-state index contributed by atoms with van der Waals surface area (Å²) in [5.41, 5.74) is 0. The third-order valence-corrected chi connectivity index (χ3v) is 4.04. The number of hydrogen-bond donors (Lipinski definition) is 2. The molecule has 0 aromatic carbocycles. The van der Waals surface area contributed by atoms with Crippen LogP contribution in [0.3, 0.4) is 0 Å². The van der Waals surface area contributed by atoms with Crippen LogP contribution in [0.25, 0.3) is 0 Å². The first-order valence-electron chi connectivity index (χ1n) is 6.22. The first-order chi connectivity index (χ1) is 8.22. The average molecular weight is 258 g/mol. The molecule has 1 heterocycles. The first kappa shape index (κ1) is 12.9. The number of halogens is 1. The van der Waals surface area contributed by atoms with Crippen LogP contribution in [0.2, 0.25) is 5.15 Å². The van der Waals surface area contributed by atoms with Crippen LogP contribution in [0.1, 0.15) is 31.5 Å². The van der Waals surface area contributed by atoms with Crippen molar-refractivity contribution in [3.05, 3.63) is 17.2 Å². The van der Waals surface area contributed by atoms with Gasteiger partial charge in [0.05, 0.1) is 12.7 Å². The molecule has 96 valence electrons. The van der Waals surface area contributed by atoms with Crippen molar-refractivity contribution in [3.8, 4) is 0 Å². The van der Waals surface area contributed by atoms with Crippen LogP contribution in [0, 0.1) is 5.92 Å². The molecular formula is C12H20ClN3O. The van der Waals surface area contributed by atoms with Crippen molar-refractivity contribution in [2.45, 2.75) is 38.3 Å². The quantitative estimate of drug-likeness (QED) is 0.864. The van der Waals surface area contributed by atoms with Crippen LogP contribution >= 0.6 is 11.6 Å². The molecule has 1 aliphatic carbocycles. The summed E-state index contributed by atoms with van der Waals surface area (Å²) >= 11 is 5.94. The predicted molar refractivity (Wildman–Crippen MR) is 67.9 cm³/mol. The highest BCUT2D eigenvalue weighted by Gasteiger charge is 2.24. The Bertz CT molecular complexity index is 367. The van der Waals surface area contributed by atoms with Gasteiger partial charge in [0.2, 0.25) is 0 Å². The third kappa shape index (κ3) is 3.00. The van der Waals surface area contributed by atoms with E-state index in [1.165, 1.54) is 12.8 Å². The minimum Gasteiger partial charge on any atom is -0.396 e. The molecule has 0 aliphatic heterocycles. The summed E-state index contributed by atoms with van der Waals surface area (Å²) in [4.78, 5) is 4.26. The zero-order chi connectivity index (χ0) is 12.3. The van der Waals surface area contributed by atoms with Gasteiger partial charge in [-0.25, -0.2) is 4.98 Å². The molecular weight excluding hydrogens is 238 g/mol. The van der Waals surface area contributed by atoms with E-state index >= 15 is 0 Å². The minimum atomic E-state index is 0.277. The standard InChI is InChI=1S/C12H20ClN3O/c1-16-11(13)6-15-12(16)7-14-10-5-3-2-4-9(10)8-17/h6,9-10,14,17H,2-5,7-8H2,1H3. The summed E-state index contributed by atoms with van der Waals surface area (Å²) in [5, 5.41) is 13.5. The zero-order valence-electron chi connectivity index (χ0n) is 10.2. The maximum Gasteiger partial charge on any atom is 0.128 e. The Morgan fingerprint density at radius 3 is 2.94 bits per heavy atom. The molecule has 2 rings (SSSR count). The number of imidazole rings is 1. The van der Waals surface area contributed by atoms with E-state index in [-0.39, 0.29) is 6.61 Å². The summed E-state index contributed by atoms with van der Waals surface area (Å²) in [6, 6.07) is 0.407.